The van der Waals surface area contributed by atoms with E-state index < -0.39 is 0 Å². The monoisotopic (exact) mass is 236 g/mol. The number of rotatable bonds is 7. The van der Waals surface area contributed by atoms with Crippen LogP contribution < -0.4 is 10.6 Å². The Kier molecular flexibility index (Phi) is 6.01. The van der Waals surface area contributed by atoms with Crippen LogP contribution in [-0.4, -0.2) is 33.4 Å². The van der Waals surface area contributed by atoms with Crippen molar-refractivity contribution in [1.29, 1.82) is 0 Å². The van der Waals surface area contributed by atoms with Crippen molar-refractivity contribution in [3.63, 3.8) is 0 Å². The fourth-order valence-corrected chi connectivity index (χ4v) is 1.84. The maximum Gasteiger partial charge on any atom is 0.0462 e. The summed E-state index contributed by atoms with van der Waals surface area (Å²) >= 11 is 0. The molecule has 1 aromatic carbocycles. The number of nitrogens with two attached hydrogens (primary N) is 1. The van der Waals surface area contributed by atoms with E-state index >= 15 is 0 Å². The van der Waals surface area contributed by atoms with E-state index in [1.807, 2.05) is 0 Å². The number of anilines is 1. The summed E-state index contributed by atoms with van der Waals surface area (Å²) in [6.07, 6.45) is 2.03. The van der Waals surface area contributed by atoms with E-state index in [-0.39, 0.29) is 6.04 Å². The molecule has 3 heteroatoms. The van der Waals surface area contributed by atoms with Gasteiger partial charge in [-0.05, 0) is 31.9 Å². The third kappa shape index (κ3) is 5.20. The van der Waals surface area contributed by atoms with Gasteiger partial charge in [0, 0.05) is 39.0 Å². The highest BCUT2D eigenvalue weighted by Gasteiger charge is 2.07. The van der Waals surface area contributed by atoms with Crippen LogP contribution in [0.15, 0.2) is 24.3 Å². The third-order valence-electron chi connectivity index (χ3n) is 2.91. The zero-order chi connectivity index (χ0) is 12.7. The van der Waals surface area contributed by atoms with Gasteiger partial charge in [-0.3, -0.25) is 0 Å². The number of benzene rings is 1. The second kappa shape index (κ2) is 7.30. The Hall–Kier alpha value is -1.06. The van der Waals surface area contributed by atoms with Crippen LogP contribution in [-0.2, 0) is 4.74 Å². The third-order valence-corrected chi connectivity index (χ3v) is 2.91. The first-order valence-electron chi connectivity index (χ1n) is 6.16. The second-order valence-electron chi connectivity index (χ2n) is 4.61. The zero-order valence-corrected chi connectivity index (χ0v) is 11.1. The van der Waals surface area contributed by atoms with Gasteiger partial charge in [0.05, 0.1) is 0 Å². The Morgan fingerprint density at radius 2 is 1.94 bits per heavy atom. The van der Waals surface area contributed by atoms with Crippen molar-refractivity contribution >= 4 is 5.69 Å². The van der Waals surface area contributed by atoms with Gasteiger partial charge >= 0.3 is 0 Å². The number of nitrogens with zero attached hydrogens (tertiary/aromatic N) is 1. The molecule has 96 valence electrons. The fraction of sp³-hybridized carbons (Fsp3) is 0.571. The van der Waals surface area contributed by atoms with E-state index in [9.17, 15) is 0 Å². The van der Waals surface area contributed by atoms with Gasteiger partial charge in [0.25, 0.3) is 0 Å². The smallest absolute Gasteiger partial charge is 0.0462 e. The molecule has 0 aromatic heterocycles. The molecule has 17 heavy (non-hydrogen) atoms. The zero-order valence-electron chi connectivity index (χ0n) is 11.1. The molecule has 0 spiro atoms. The van der Waals surface area contributed by atoms with Crippen LogP contribution in [0.5, 0.6) is 0 Å². The molecule has 0 aliphatic rings. The molecule has 0 heterocycles. The molecule has 1 aromatic rings. The number of hydrogen-bond donors (Lipinski definition) is 1. The molecule has 1 unspecified atom stereocenters. The van der Waals surface area contributed by atoms with Gasteiger partial charge in [-0.1, -0.05) is 17.7 Å². The highest BCUT2D eigenvalue weighted by Crippen LogP contribution is 2.13. The Labute approximate surface area is 105 Å². The van der Waals surface area contributed by atoms with Crippen molar-refractivity contribution < 1.29 is 4.74 Å². The van der Waals surface area contributed by atoms with E-state index in [2.05, 4.69) is 43.1 Å². The van der Waals surface area contributed by atoms with Crippen molar-refractivity contribution in [2.24, 2.45) is 5.73 Å². The summed E-state index contributed by atoms with van der Waals surface area (Å²) in [4.78, 5) is 2.21. The van der Waals surface area contributed by atoms with Gasteiger partial charge in [0.1, 0.15) is 0 Å². The van der Waals surface area contributed by atoms with Crippen LogP contribution in [0, 0.1) is 6.92 Å². The van der Waals surface area contributed by atoms with Crippen molar-refractivity contribution in [3.8, 4) is 0 Å². The van der Waals surface area contributed by atoms with E-state index in [0.29, 0.717) is 0 Å². The minimum absolute atomic E-state index is 0.205. The first-order valence-corrected chi connectivity index (χ1v) is 6.16. The lowest BCUT2D eigenvalue weighted by Crippen LogP contribution is -2.35. The second-order valence-corrected chi connectivity index (χ2v) is 4.61. The lowest BCUT2D eigenvalue weighted by atomic mass is 10.1. The van der Waals surface area contributed by atoms with Crippen LogP contribution in [0.1, 0.15) is 18.4 Å². The van der Waals surface area contributed by atoms with Crippen LogP contribution in [0.2, 0.25) is 0 Å². The molecule has 1 atom stereocenters. The van der Waals surface area contributed by atoms with E-state index in [1.54, 1.807) is 7.11 Å². The van der Waals surface area contributed by atoms with E-state index in [1.165, 1.54) is 11.3 Å². The van der Waals surface area contributed by atoms with Crippen LogP contribution in [0.25, 0.3) is 0 Å². The Morgan fingerprint density at radius 3 is 2.53 bits per heavy atom. The van der Waals surface area contributed by atoms with Gasteiger partial charge in [0.2, 0.25) is 0 Å². The topological polar surface area (TPSA) is 38.5 Å². The normalized spacial score (nSPS) is 12.5. The first kappa shape index (κ1) is 14.0. The SMILES string of the molecule is COCCCC(N)CN(C)c1ccc(C)cc1. The summed E-state index contributed by atoms with van der Waals surface area (Å²) in [5.41, 5.74) is 8.59. The number of methoxy groups -OCH3 is 1. The van der Waals surface area contributed by atoms with Gasteiger partial charge in [-0.25, -0.2) is 0 Å². The fourth-order valence-electron chi connectivity index (χ4n) is 1.84. The number of ether oxygens (including phenoxy) is 1. The number of aryl methyl sites for hydroxylation is 1. The molecule has 0 bridgehead atoms. The summed E-state index contributed by atoms with van der Waals surface area (Å²) < 4.78 is 5.03. The first-order chi connectivity index (χ1) is 8.13. The van der Waals surface area contributed by atoms with Crippen LogP contribution in [0.3, 0.4) is 0 Å². The lowest BCUT2D eigenvalue weighted by Gasteiger charge is -2.23. The van der Waals surface area contributed by atoms with E-state index in [0.717, 1.165) is 26.0 Å². The Balaban J connectivity index is 2.37. The molecule has 0 fully saturated rings. The molecule has 3 nitrogen and oxygen atoms in total. The van der Waals surface area contributed by atoms with Crippen molar-refractivity contribution in [2.45, 2.75) is 25.8 Å². The summed E-state index contributed by atoms with van der Waals surface area (Å²) in [7, 11) is 3.81. The molecular weight excluding hydrogens is 212 g/mol. The number of hydrogen-bond acceptors (Lipinski definition) is 3. The van der Waals surface area contributed by atoms with Crippen LogP contribution >= 0.6 is 0 Å². The molecule has 1 rings (SSSR count). The molecule has 0 amide bonds. The summed E-state index contributed by atoms with van der Waals surface area (Å²) in [6, 6.07) is 8.73. The predicted molar refractivity (Wildman–Crippen MR) is 73.5 cm³/mol. The standard InChI is InChI=1S/C14H24N2O/c1-12-6-8-14(9-7-12)16(2)11-13(15)5-4-10-17-3/h6-9,13H,4-5,10-11,15H2,1-3H3. The van der Waals surface area contributed by atoms with Gasteiger partial charge in [-0.15, -0.1) is 0 Å². The molecule has 0 saturated carbocycles. The highest BCUT2D eigenvalue weighted by molar-refractivity contribution is 5.46. The molecule has 0 aliphatic carbocycles. The summed E-state index contributed by atoms with van der Waals surface area (Å²) in [5, 5.41) is 0. The average Bonchev–Trinajstić information content (AvgIpc) is 2.30. The quantitative estimate of drug-likeness (QED) is 0.738. The number of likely N-dealkylation sites (N-methyl/N-ethyl adjacent to an activating group) is 1. The summed E-state index contributed by atoms with van der Waals surface area (Å²) in [5.74, 6) is 0. The van der Waals surface area contributed by atoms with Crippen LogP contribution in [0.4, 0.5) is 5.69 Å². The van der Waals surface area contributed by atoms with E-state index in [4.69, 9.17) is 10.5 Å². The van der Waals surface area contributed by atoms with Crippen molar-refractivity contribution in [1.82, 2.24) is 0 Å². The molecule has 0 saturated heterocycles. The molecule has 0 aliphatic heterocycles. The predicted octanol–water partition coefficient (Wildman–Crippen LogP) is 2.19. The highest BCUT2D eigenvalue weighted by atomic mass is 16.5. The van der Waals surface area contributed by atoms with Gasteiger partial charge in [-0.2, -0.15) is 0 Å². The maximum atomic E-state index is 6.09. The van der Waals surface area contributed by atoms with Crippen molar-refractivity contribution in [3.05, 3.63) is 29.8 Å². The molecule has 0 radical (unpaired) electrons. The Bertz CT molecular complexity index is 311. The summed E-state index contributed by atoms with van der Waals surface area (Å²) in [6.45, 7) is 3.77. The van der Waals surface area contributed by atoms with Gasteiger partial charge < -0.3 is 15.4 Å². The van der Waals surface area contributed by atoms with Crippen molar-refractivity contribution in [2.75, 3.05) is 32.2 Å². The molecule has 2 N–H and O–H groups in total. The largest absolute Gasteiger partial charge is 0.385 e. The molecular formula is C14H24N2O. The minimum atomic E-state index is 0.205. The Morgan fingerprint density at radius 1 is 1.29 bits per heavy atom. The minimum Gasteiger partial charge on any atom is -0.385 e. The lowest BCUT2D eigenvalue weighted by molar-refractivity contribution is 0.190. The maximum absolute atomic E-state index is 6.09. The average molecular weight is 236 g/mol. The van der Waals surface area contributed by atoms with Gasteiger partial charge in [0.15, 0.2) is 0 Å².